The molecule has 1 heterocycles. The van der Waals surface area contributed by atoms with Crippen LogP contribution >= 0.6 is 0 Å². The second kappa shape index (κ2) is 2.98. The van der Waals surface area contributed by atoms with Gasteiger partial charge in [0.15, 0.2) is 6.29 Å². The van der Waals surface area contributed by atoms with Crippen LogP contribution in [0.5, 0.6) is 0 Å². The lowest BCUT2D eigenvalue weighted by atomic mass is 10.1. The Morgan fingerprint density at radius 2 is 2.00 bits per heavy atom. The highest BCUT2D eigenvalue weighted by Crippen LogP contribution is 2.24. The van der Waals surface area contributed by atoms with Crippen molar-refractivity contribution in [2.75, 3.05) is 0 Å². The van der Waals surface area contributed by atoms with E-state index in [1.807, 2.05) is 26.1 Å². The third-order valence-corrected chi connectivity index (χ3v) is 2.82. The molecule has 1 aromatic heterocycles. The lowest BCUT2D eigenvalue weighted by Gasteiger charge is -1.98. The quantitative estimate of drug-likeness (QED) is 0.629. The van der Waals surface area contributed by atoms with Gasteiger partial charge in [-0.1, -0.05) is 12.1 Å². The number of aromatic nitrogens is 1. The Morgan fingerprint density at radius 3 is 2.64 bits per heavy atom. The van der Waals surface area contributed by atoms with Crippen LogP contribution in [0.1, 0.15) is 21.6 Å². The van der Waals surface area contributed by atoms with Crippen LogP contribution in [0, 0.1) is 13.8 Å². The largest absolute Gasteiger partial charge is 0.347 e. The normalized spacial score (nSPS) is 10.8. The summed E-state index contributed by atoms with van der Waals surface area (Å²) in [4.78, 5) is 10.9. The molecule has 1 aromatic carbocycles. The number of carbonyl (C=O) groups excluding carboxylic acids is 1. The molecule has 0 unspecified atom stereocenters. The summed E-state index contributed by atoms with van der Waals surface area (Å²) in [5, 5.41) is 1.05. The van der Waals surface area contributed by atoms with Gasteiger partial charge in [0.2, 0.25) is 0 Å². The molecule has 2 nitrogen and oxygen atoms in total. The maximum Gasteiger partial charge on any atom is 0.152 e. The number of benzene rings is 1. The van der Waals surface area contributed by atoms with Crippen molar-refractivity contribution in [1.29, 1.82) is 0 Å². The number of nitrogens with zero attached hydrogens (tertiary/aromatic N) is 1. The topological polar surface area (TPSA) is 22.0 Å². The van der Waals surface area contributed by atoms with Gasteiger partial charge in [-0.05, 0) is 25.5 Å². The molecule has 0 spiro atoms. The molecule has 0 atom stereocenters. The van der Waals surface area contributed by atoms with E-state index in [2.05, 4.69) is 17.6 Å². The van der Waals surface area contributed by atoms with Gasteiger partial charge in [-0.3, -0.25) is 4.79 Å². The zero-order chi connectivity index (χ0) is 10.3. The SMILES string of the molecule is Cc1ccc2c(C=O)c(C)n(C)c2c1. The van der Waals surface area contributed by atoms with E-state index in [0.717, 1.165) is 28.4 Å². The van der Waals surface area contributed by atoms with Gasteiger partial charge in [0.25, 0.3) is 0 Å². The molecule has 0 N–H and O–H groups in total. The fourth-order valence-electron chi connectivity index (χ4n) is 1.85. The van der Waals surface area contributed by atoms with Crippen molar-refractivity contribution in [2.24, 2.45) is 7.05 Å². The summed E-state index contributed by atoms with van der Waals surface area (Å²) in [5.74, 6) is 0. The molecule has 14 heavy (non-hydrogen) atoms. The van der Waals surface area contributed by atoms with Crippen molar-refractivity contribution in [3.05, 3.63) is 35.0 Å². The fraction of sp³-hybridized carbons (Fsp3) is 0.250. The van der Waals surface area contributed by atoms with Crippen LogP contribution in [0.3, 0.4) is 0 Å². The van der Waals surface area contributed by atoms with E-state index in [1.54, 1.807) is 0 Å². The van der Waals surface area contributed by atoms with Gasteiger partial charge in [0, 0.05) is 29.2 Å². The molecular weight excluding hydrogens is 174 g/mol. The van der Waals surface area contributed by atoms with E-state index < -0.39 is 0 Å². The number of aryl methyl sites for hydroxylation is 2. The maximum absolute atomic E-state index is 10.9. The zero-order valence-electron chi connectivity index (χ0n) is 8.66. The number of hydrogen-bond acceptors (Lipinski definition) is 1. The average Bonchev–Trinajstić information content (AvgIpc) is 2.41. The van der Waals surface area contributed by atoms with Crippen LogP contribution in [0.2, 0.25) is 0 Å². The molecule has 0 amide bonds. The Bertz CT molecular complexity index is 509. The summed E-state index contributed by atoms with van der Waals surface area (Å²) in [6.07, 6.45) is 0.937. The van der Waals surface area contributed by atoms with Gasteiger partial charge in [-0.2, -0.15) is 0 Å². The van der Waals surface area contributed by atoms with E-state index in [-0.39, 0.29) is 0 Å². The van der Waals surface area contributed by atoms with Crippen molar-refractivity contribution in [3.63, 3.8) is 0 Å². The molecular formula is C12H13NO. The van der Waals surface area contributed by atoms with Gasteiger partial charge >= 0.3 is 0 Å². The standard InChI is InChI=1S/C12H13NO/c1-8-4-5-10-11(7-14)9(2)13(3)12(10)6-8/h4-7H,1-3H3. The van der Waals surface area contributed by atoms with Crippen LogP contribution in [-0.4, -0.2) is 10.9 Å². The van der Waals surface area contributed by atoms with E-state index in [4.69, 9.17) is 0 Å². The monoisotopic (exact) mass is 187 g/mol. The molecule has 2 aromatic rings. The van der Waals surface area contributed by atoms with Gasteiger partial charge in [0.05, 0.1) is 0 Å². The molecule has 72 valence electrons. The zero-order valence-corrected chi connectivity index (χ0v) is 8.66. The smallest absolute Gasteiger partial charge is 0.152 e. The van der Waals surface area contributed by atoms with Gasteiger partial charge < -0.3 is 4.57 Å². The molecule has 0 bridgehead atoms. The first-order valence-corrected chi connectivity index (χ1v) is 4.66. The minimum absolute atomic E-state index is 0.808. The Balaban J connectivity index is 2.95. The summed E-state index contributed by atoms with van der Waals surface area (Å²) < 4.78 is 2.06. The van der Waals surface area contributed by atoms with Gasteiger partial charge in [-0.25, -0.2) is 0 Å². The molecule has 0 saturated heterocycles. The highest BCUT2D eigenvalue weighted by molar-refractivity contribution is 5.99. The minimum Gasteiger partial charge on any atom is -0.347 e. The predicted octanol–water partition coefficient (Wildman–Crippen LogP) is 2.61. The molecule has 0 radical (unpaired) electrons. The van der Waals surface area contributed by atoms with Crippen molar-refractivity contribution >= 4 is 17.2 Å². The third kappa shape index (κ3) is 1.07. The second-order valence-electron chi connectivity index (χ2n) is 3.70. The van der Waals surface area contributed by atoms with Crippen molar-refractivity contribution < 1.29 is 4.79 Å². The lowest BCUT2D eigenvalue weighted by molar-refractivity contribution is 0.112. The van der Waals surface area contributed by atoms with Gasteiger partial charge in [-0.15, -0.1) is 0 Å². The molecule has 2 rings (SSSR count). The van der Waals surface area contributed by atoms with Crippen LogP contribution in [0.15, 0.2) is 18.2 Å². The Kier molecular flexibility index (Phi) is 1.92. The first-order valence-electron chi connectivity index (χ1n) is 4.66. The summed E-state index contributed by atoms with van der Waals surface area (Å²) in [5.41, 5.74) is 4.18. The van der Waals surface area contributed by atoms with E-state index in [1.165, 1.54) is 5.56 Å². The first kappa shape index (κ1) is 9.00. The number of aldehydes is 1. The van der Waals surface area contributed by atoms with Crippen LogP contribution < -0.4 is 0 Å². The minimum atomic E-state index is 0.808. The Labute approximate surface area is 83.2 Å². The lowest BCUT2D eigenvalue weighted by Crippen LogP contribution is -1.91. The number of carbonyl (C=O) groups is 1. The highest BCUT2D eigenvalue weighted by atomic mass is 16.1. The van der Waals surface area contributed by atoms with Gasteiger partial charge in [0.1, 0.15) is 0 Å². The molecule has 0 fully saturated rings. The van der Waals surface area contributed by atoms with Crippen LogP contribution in [0.4, 0.5) is 0 Å². The predicted molar refractivity (Wildman–Crippen MR) is 57.8 cm³/mol. The van der Waals surface area contributed by atoms with Crippen LogP contribution in [0.25, 0.3) is 10.9 Å². The summed E-state index contributed by atoms with van der Waals surface area (Å²) >= 11 is 0. The average molecular weight is 187 g/mol. The maximum atomic E-state index is 10.9. The van der Waals surface area contributed by atoms with Crippen LogP contribution in [-0.2, 0) is 7.05 Å². The van der Waals surface area contributed by atoms with Crippen molar-refractivity contribution in [3.8, 4) is 0 Å². The summed E-state index contributed by atoms with van der Waals surface area (Å²) in [7, 11) is 1.99. The Hall–Kier alpha value is -1.57. The van der Waals surface area contributed by atoms with E-state index >= 15 is 0 Å². The molecule has 0 aliphatic heterocycles. The molecule has 0 saturated carbocycles. The number of fused-ring (bicyclic) bond motifs is 1. The summed E-state index contributed by atoms with van der Waals surface area (Å²) in [6, 6.07) is 6.16. The Morgan fingerprint density at radius 1 is 1.29 bits per heavy atom. The van der Waals surface area contributed by atoms with Crippen molar-refractivity contribution in [2.45, 2.75) is 13.8 Å². The van der Waals surface area contributed by atoms with E-state index in [9.17, 15) is 4.79 Å². The third-order valence-electron chi connectivity index (χ3n) is 2.82. The summed E-state index contributed by atoms with van der Waals surface area (Å²) in [6.45, 7) is 4.03. The second-order valence-corrected chi connectivity index (χ2v) is 3.70. The van der Waals surface area contributed by atoms with Crippen molar-refractivity contribution in [1.82, 2.24) is 4.57 Å². The fourth-order valence-corrected chi connectivity index (χ4v) is 1.85. The highest BCUT2D eigenvalue weighted by Gasteiger charge is 2.10. The molecule has 0 aliphatic carbocycles. The first-order chi connectivity index (χ1) is 6.65. The molecule has 2 heteroatoms. The number of rotatable bonds is 1. The molecule has 0 aliphatic rings. The number of hydrogen-bond donors (Lipinski definition) is 0. The van der Waals surface area contributed by atoms with E-state index in [0.29, 0.717) is 0 Å².